The Balaban J connectivity index is 1.46. The lowest BCUT2D eigenvalue weighted by molar-refractivity contribution is 0.759. The number of aromatic nitrogens is 3. The highest BCUT2D eigenvalue weighted by atomic mass is 35.5. The van der Waals surface area contributed by atoms with Crippen LogP contribution in [-0.2, 0) is 19.5 Å². The lowest BCUT2D eigenvalue weighted by Gasteiger charge is -2.15. The van der Waals surface area contributed by atoms with Crippen molar-refractivity contribution in [2.45, 2.75) is 26.4 Å². The van der Waals surface area contributed by atoms with Crippen LogP contribution < -0.4 is 10.9 Å². The fourth-order valence-corrected chi connectivity index (χ4v) is 4.40. The summed E-state index contributed by atoms with van der Waals surface area (Å²) < 4.78 is 1.71. The van der Waals surface area contributed by atoms with Crippen LogP contribution in [0.25, 0.3) is 10.9 Å². The maximum atomic E-state index is 12.2. The van der Waals surface area contributed by atoms with E-state index in [4.69, 9.17) is 11.6 Å². The second-order valence-electron chi connectivity index (χ2n) is 8.54. The third-order valence-electron chi connectivity index (χ3n) is 5.95. The van der Waals surface area contributed by atoms with Crippen LogP contribution in [-0.4, -0.2) is 14.8 Å². The Hall–Kier alpha value is -3.83. The molecule has 5 rings (SSSR count). The molecule has 0 amide bonds. The van der Waals surface area contributed by atoms with E-state index in [2.05, 4.69) is 64.9 Å². The highest BCUT2D eigenvalue weighted by molar-refractivity contribution is 6.31. The summed E-state index contributed by atoms with van der Waals surface area (Å²) in [6.07, 6.45) is 2.63. The van der Waals surface area contributed by atoms with Gasteiger partial charge in [0.2, 0.25) is 0 Å². The number of aryl methyl sites for hydroxylation is 1. The Bertz CT molecular complexity index is 1520. The number of H-pyrrole nitrogens is 1. The van der Waals surface area contributed by atoms with Crippen molar-refractivity contribution in [1.82, 2.24) is 14.8 Å². The Labute approximate surface area is 203 Å². The van der Waals surface area contributed by atoms with E-state index in [-0.39, 0.29) is 5.56 Å². The summed E-state index contributed by atoms with van der Waals surface area (Å²) in [5.74, 6) is 0. The molecule has 5 nitrogen and oxygen atoms in total. The molecule has 0 radical (unpaired) electrons. The molecular weight excluding hydrogens is 444 g/mol. The lowest BCUT2D eigenvalue weighted by atomic mass is 10.00. The van der Waals surface area contributed by atoms with Gasteiger partial charge in [-0.15, -0.1) is 0 Å². The van der Waals surface area contributed by atoms with E-state index in [0.717, 1.165) is 34.3 Å². The minimum absolute atomic E-state index is 0.0124. The predicted molar refractivity (Wildman–Crippen MR) is 139 cm³/mol. The molecule has 170 valence electrons. The summed E-state index contributed by atoms with van der Waals surface area (Å²) in [4.78, 5) is 12.2. The van der Waals surface area contributed by atoms with Gasteiger partial charge in [0.1, 0.15) is 0 Å². The van der Waals surface area contributed by atoms with E-state index in [9.17, 15) is 4.79 Å². The Morgan fingerprint density at radius 1 is 0.971 bits per heavy atom. The summed E-state index contributed by atoms with van der Waals surface area (Å²) in [6.45, 7) is 3.20. The summed E-state index contributed by atoms with van der Waals surface area (Å²) in [6, 6.07) is 25.9. The van der Waals surface area contributed by atoms with Gasteiger partial charge in [-0.1, -0.05) is 59.6 Å². The molecule has 0 saturated carbocycles. The number of nitrogens with zero attached hydrogens (tertiary/aromatic N) is 2. The van der Waals surface area contributed by atoms with E-state index in [1.54, 1.807) is 16.7 Å². The van der Waals surface area contributed by atoms with Gasteiger partial charge < -0.3 is 9.88 Å². The van der Waals surface area contributed by atoms with Crippen molar-refractivity contribution in [2.75, 3.05) is 5.32 Å². The number of aromatic amines is 1. The SMILES string of the molecule is Cc1cccc(Cc2ccc(Cn3ccccc3=O)cc2NCc2[nH]nc3ccc(Cl)cc23)c1. The van der Waals surface area contributed by atoms with E-state index >= 15 is 0 Å². The molecule has 2 N–H and O–H groups in total. The highest BCUT2D eigenvalue weighted by Gasteiger charge is 2.10. The molecule has 34 heavy (non-hydrogen) atoms. The molecule has 0 saturated heterocycles. The Morgan fingerprint density at radius 2 is 1.88 bits per heavy atom. The molecular formula is C28H25ClN4O. The van der Waals surface area contributed by atoms with Gasteiger partial charge in [0, 0.05) is 28.4 Å². The van der Waals surface area contributed by atoms with Gasteiger partial charge in [-0.05, 0) is 60.4 Å². The number of hydrogen-bond acceptors (Lipinski definition) is 3. The van der Waals surface area contributed by atoms with E-state index < -0.39 is 0 Å². The second kappa shape index (κ2) is 9.57. The minimum atomic E-state index is -0.0124. The molecule has 2 heterocycles. The van der Waals surface area contributed by atoms with Crippen LogP contribution in [0.15, 0.2) is 89.9 Å². The summed E-state index contributed by atoms with van der Waals surface area (Å²) in [7, 11) is 0. The number of rotatable bonds is 7. The van der Waals surface area contributed by atoms with Crippen molar-refractivity contribution in [3.63, 3.8) is 0 Å². The molecule has 0 atom stereocenters. The average Bonchev–Trinajstić information content (AvgIpc) is 3.22. The van der Waals surface area contributed by atoms with Crippen LogP contribution in [0.1, 0.15) is 27.9 Å². The Morgan fingerprint density at radius 3 is 2.74 bits per heavy atom. The van der Waals surface area contributed by atoms with Crippen LogP contribution in [0.2, 0.25) is 5.02 Å². The standard InChI is InChI=1S/C28H25ClN4O/c1-19-5-4-6-20(13-19)14-22-9-8-21(18-33-12-3-2-7-28(33)34)15-26(22)30-17-27-24-16-23(29)10-11-25(24)31-32-27/h2-13,15-16,30H,14,17-18H2,1H3,(H,31,32). The first-order valence-corrected chi connectivity index (χ1v) is 11.6. The van der Waals surface area contributed by atoms with E-state index in [0.29, 0.717) is 18.1 Å². The molecule has 0 aliphatic heterocycles. The minimum Gasteiger partial charge on any atom is -0.379 e. The zero-order valence-electron chi connectivity index (χ0n) is 18.9. The van der Waals surface area contributed by atoms with Gasteiger partial charge in [0.05, 0.1) is 24.3 Å². The first kappa shape index (κ1) is 22.0. The van der Waals surface area contributed by atoms with Gasteiger partial charge in [-0.25, -0.2) is 0 Å². The Kier molecular flexibility index (Phi) is 6.19. The fourth-order valence-electron chi connectivity index (χ4n) is 4.22. The van der Waals surface area contributed by atoms with Crippen molar-refractivity contribution < 1.29 is 0 Å². The van der Waals surface area contributed by atoms with Gasteiger partial charge >= 0.3 is 0 Å². The molecule has 3 aromatic carbocycles. The maximum absolute atomic E-state index is 12.2. The number of benzene rings is 3. The summed E-state index contributed by atoms with van der Waals surface area (Å²) in [5, 5.41) is 12.8. The van der Waals surface area contributed by atoms with Crippen LogP contribution >= 0.6 is 11.6 Å². The maximum Gasteiger partial charge on any atom is 0.250 e. The van der Waals surface area contributed by atoms with Crippen molar-refractivity contribution in [1.29, 1.82) is 0 Å². The predicted octanol–water partition coefficient (Wildman–Crippen LogP) is 5.94. The van der Waals surface area contributed by atoms with Crippen molar-refractivity contribution in [3.8, 4) is 0 Å². The smallest absolute Gasteiger partial charge is 0.250 e. The van der Waals surface area contributed by atoms with Crippen LogP contribution in [0.5, 0.6) is 0 Å². The summed E-state index contributed by atoms with van der Waals surface area (Å²) >= 11 is 6.21. The van der Waals surface area contributed by atoms with Gasteiger partial charge in [0.25, 0.3) is 5.56 Å². The topological polar surface area (TPSA) is 62.7 Å². The average molecular weight is 469 g/mol. The second-order valence-corrected chi connectivity index (χ2v) is 8.98. The van der Waals surface area contributed by atoms with Gasteiger partial charge in [-0.3, -0.25) is 9.89 Å². The first-order chi connectivity index (χ1) is 16.5. The number of fused-ring (bicyclic) bond motifs is 1. The molecule has 0 aliphatic rings. The van der Waals surface area contributed by atoms with Crippen molar-refractivity contribution in [3.05, 3.63) is 128 Å². The van der Waals surface area contributed by atoms with Crippen LogP contribution in [0.3, 0.4) is 0 Å². The number of nitrogens with one attached hydrogen (secondary N) is 2. The highest BCUT2D eigenvalue weighted by Crippen LogP contribution is 2.25. The van der Waals surface area contributed by atoms with E-state index in [1.807, 2.05) is 30.5 Å². The normalized spacial score (nSPS) is 11.1. The van der Waals surface area contributed by atoms with Crippen LogP contribution in [0, 0.1) is 6.92 Å². The van der Waals surface area contributed by atoms with Crippen molar-refractivity contribution >= 4 is 28.2 Å². The zero-order chi connectivity index (χ0) is 23.5. The molecule has 0 fully saturated rings. The molecule has 0 spiro atoms. The third kappa shape index (κ3) is 4.90. The number of pyridine rings is 1. The summed E-state index contributed by atoms with van der Waals surface area (Å²) in [5.41, 5.74) is 7.64. The number of hydrogen-bond donors (Lipinski definition) is 2. The van der Waals surface area contributed by atoms with E-state index in [1.165, 1.54) is 16.7 Å². The largest absolute Gasteiger partial charge is 0.379 e. The van der Waals surface area contributed by atoms with Crippen molar-refractivity contribution in [2.24, 2.45) is 0 Å². The molecule has 5 aromatic rings. The lowest BCUT2D eigenvalue weighted by Crippen LogP contribution is -2.18. The van der Waals surface area contributed by atoms with Crippen LogP contribution in [0.4, 0.5) is 5.69 Å². The first-order valence-electron chi connectivity index (χ1n) is 11.2. The quantitative estimate of drug-likeness (QED) is 0.311. The molecule has 0 aliphatic carbocycles. The monoisotopic (exact) mass is 468 g/mol. The number of halogens is 1. The number of anilines is 1. The molecule has 0 unspecified atom stereocenters. The molecule has 0 bridgehead atoms. The third-order valence-corrected chi connectivity index (χ3v) is 6.19. The molecule has 2 aromatic heterocycles. The molecule has 6 heteroatoms. The van der Waals surface area contributed by atoms with Gasteiger partial charge in [0.15, 0.2) is 0 Å². The zero-order valence-corrected chi connectivity index (χ0v) is 19.6. The van der Waals surface area contributed by atoms with Gasteiger partial charge in [-0.2, -0.15) is 5.10 Å². The fraction of sp³-hybridized carbons (Fsp3) is 0.143.